The van der Waals surface area contributed by atoms with Gasteiger partial charge in [0, 0.05) is 35.4 Å². The van der Waals surface area contributed by atoms with Crippen LogP contribution >= 0.6 is 11.6 Å². The van der Waals surface area contributed by atoms with Crippen molar-refractivity contribution in [3.8, 4) is 17.3 Å². The maximum atomic E-state index is 14.1. The van der Waals surface area contributed by atoms with Crippen LogP contribution in [-0.4, -0.2) is 58.7 Å². The van der Waals surface area contributed by atoms with Gasteiger partial charge in [-0.3, -0.25) is 9.82 Å². The maximum absolute atomic E-state index is 14.1. The number of aromatic nitrogens is 4. The van der Waals surface area contributed by atoms with Gasteiger partial charge in [0.05, 0.1) is 5.69 Å². The Morgan fingerprint density at radius 2 is 1.84 bits per heavy atom. The van der Waals surface area contributed by atoms with E-state index in [1.165, 1.54) is 6.07 Å². The molecule has 4 aromatic rings. The lowest BCUT2D eigenvalue weighted by molar-refractivity contribution is 0.0824. The third-order valence-corrected chi connectivity index (χ3v) is 8.26. The molecule has 1 saturated heterocycles. The zero-order chi connectivity index (χ0) is 27.0. The summed E-state index contributed by atoms with van der Waals surface area (Å²) >= 11 is 5.86. The summed E-state index contributed by atoms with van der Waals surface area (Å²) in [7, 11) is -4.18. The summed E-state index contributed by atoms with van der Waals surface area (Å²) in [5, 5.41) is 8.09. The van der Waals surface area contributed by atoms with Crippen molar-refractivity contribution in [1.82, 2.24) is 25.1 Å². The molecule has 1 fully saturated rings. The summed E-state index contributed by atoms with van der Waals surface area (Å²) in [5.74, 6) is -0.0102. The molecule has 0 aliphatic carbocycles. The Kier molecular flexibility index (Phi) is 7.26. The largest absolute Gasteiger partial charge is 0.474 e. The first kappa shape index (κ1) is 26.3. The molecule has 1 aliphatic rings. The number of piperidine rings is 1. The van der Waals surface area contributed by atoms with Gasteiger partial charge in [-0.15, -0.1) is 0 Å². The molecule has 0 atom stereocenters. The van der Waals surface area contributed by atoms with Gasteiger partial charge in [-0.05, 0) is 76.1 Å². The van der Waals surface area contributed by atoms with E-state index in [-0.39, 0.29) is 16.8 Å². The number of likely N-dealkylation sites (tertiary alicyclic amines) is 1. The van der Waals surface area contributed by atoms with Gasteiger partial charge in [-0.1, -0.05) is 11.6 Å². The maximum Gasteiger partial charge on any atom is 0.264 e. The summed E-state index contributed by atoms with van der Waals surface area (Å²) in [5.41, 5.74) is 2.21. The molecule has 5 rings (SSSR count). The Labute approximate surface area is 225 Å². The lowest BCUT2D eigenvalue weighted by Crippen LogP contribution is -2.41. The van der Waals surface area contributed by atoms with E-state index in [0.29, 0.717) is 29.0 Å². The number of hydrogen-bond acceptors (Lipinski definition) is 7. The highest BCUT2D eigenvalue weighted by molar-refractivity contribution is 7.92. The highest BCUT2D eigenvalue weighted by atomic mass is 35.5. The van der Waals surface area contributed by atoms with E-state index in [9.17, 15) is 12.8 Å². The van der Waals surface area contributed by atoms with Crippen molar-refractivity contribution in [2.75, 3.05) is 17.8 Å². The second kappa shape index (κ2) is 10.5. The minimum atomic E-state index is -4.18. The predicted octanol–water partition coefficient (Wildman–Crippen LogP) is 5.17. The zero-order valence-corrected chi connectivity index (χ0v) is 22.8. The predicted molar refractivity (Wildman–Crippen MR) is 144 cm³/mol. The number of aromatic amines is 1. The van der Waals surface area contributed by atoms with Crippen molar-refractivity contribution >= 4 is 38.3 Å². The van der Waals surface area contributed by atoms with Gasteiger partial charge >= 0.3 is 0 Å². The van der Waals surface area contributed by atoms with Crippen LogP contribution in [0.25, 0.3) is 22.4 Å². The third-order valence-electron chi connectivity index (χ3n) is 6.63. The number of rotatable bonds is 7. The molecule has 0 spiro atoms. The fraction of sp³-hybridized carbons (Fsp3) is 0.346. The Hall–Kier alpha value is -3.28. The minimum Gasteiger partial charge on any atom is -0.474 e. The van der Waals surface area contributed by atoms with Crippen LogP contribution in [0.2, 0.25) is 5.02 Å². The van der Waals surface area contributed by atoms with Crippen molar-refractivity contribution in [3.63, 3.8) is 0 Å². The van der Waals surface area contributed by atoms with Crippen LogP contribution < -0.4 is 9.46 Å². The molecule has 0 amide bonds. The quantitative estimate of drug-likeness (QED) is 0.321. The second-order valence-corrected chi connectivity index (χ2v) is 11.7. The molecule has 2 N–H and O–H groups in total. The Bertz CT molecular complexity index is 1570. The first-order valence-electron chi connectivity index (χ1n) is 12.3. The first-order chi connectivity index (χ1) is 18.1. The average molecular weight is 559 g/mol. The van der Waals surface area contributed by atoms with Crippen LogP contribution in [0.1, 0.15) is 32.4 Å². The lowest BCUT2D eigenvalue weighted by atomic mass is 10.1. The lowest BCUT2D eigenvalue weighted by Gasteiger charge is -2.34. The molecule has 12 heteroatoms. The fourth-order valence-corrected chi connectivity index (χ4v) is 5.90. The van der Waals surface area contributed by atoms with Gasteiger partial charge in [0.25, 0.3) is 10.0 Å². The van der Waals surface area contributed by atoms with Crippen LogP contribution in [0.15, 0.2) is 47.4 Å². The third kappa shape index (κ3) is 5.45. The molecule has 38 heavy (non-hydrogen) atoms. The monoisotopic (exact) mass is 558 g/mol. The standard InChI is InChI=1S/C26H28ClFN6O3S/c1-15(2)34-12-10-20(11-13-34)37-26-23-16(3)31-32-25(23)29-24(30-26)17-4-7-19(8-5-17)33-38(35,36)22-14-18(27)6-9-21(22)28/h4-9,14-15,20,33H,10-13H2,1-3H3,(H,29,30,31,32). The highest BCUT2D eigenvalue weighted by Crippen LogP contribution is 2.31. The van der Waals surface area contributed by atoms with E-state index in [1.807, 2.05) is 6.92 Å². The van der Waals surface area contributed by atoms with Crippen LogP contribution in [-0.2, 0) is 10.0 Å². The minimum absolute atomic E-state index is 0.0360. The molecular weight excluding hydrogens is 531 g/mol. The molecular formula is C26H28ClFN6O3S. The van der Waals surface area contributed by atoms with Crippen molar-refractivity contribution in [2.45, 2.75) is 50.7 Å². The number of anilines is 1. The molecule has 2 aromatic carbocycles. The number of aryl methyl sites for hydroxylation is 1. The number of halogens is 2. The SMILES string of the molecule is Cc1n[nH]c2nc(-c3ccc(NS(=O)(=O)c4cc(Cl)ccc4F)cc3)nc(OC3CCN(C(C)C)CC3)c12. The molecule has 2 aromatic heterocycles. The molecule has 0 bridgehead atoms. The number of H-pyrrole nitrogens is 1. The van der Waals surface area contributed by atoms with Crippen molar-refractivity contribution in [3.05, 3.63) is 59.0 Å². The van der Waals surface area contributed by atoms with E-state index in [2.05, 4.69) is 38.7 Å². The molecule has 9 nitrogen and oxygen atoms in total. The summed E-state index contributed by atoms with van der Waals surface area (Å²) in [6.07, 6.45) is 1.84. The van der Waals surface area contributed by atoms with Gasteiger partial charge in [-0.2, -0.15) is 10.1 Å². The number of fused-ring (bicyclic) bond motifs is 1. The van der Waals surface area contributed by atoms with E-state index in [4.69, 9.17) is 21.3 Å². The summed E-state index contributed by atoms with van der Waals surface area (Å²) in [6.45, 7) is 8.19. The number of benzene rings is 2. The van der Waals surface area contributed by atoms with Gasteiger partial charge in [-0.25, -0.2) is 17.8 Å². The molecule has 0 saturated carbocycles. The summed E-state index contributed by atoms with van der Waals surface area (Å²) in [4.78, 5) is 11.2. The van der Waals surface area contributed by atoms with E-state index < -0.39 is 20.7 Å². The topological polar surface area (TPSA) is 113 Å². The molecule has 0 unspecified atom stereocenters. The molecule has 3 heterocycles. The van der Waals surface area contributed by atoms with Gasteiger partial charge in [0.2, 0.25) is 5.88 Å². The van der Waals surface area contributed by atoms with Crippen LogP contribution in [0, 0.1) is 12.7 Å². The van der Waals surface area contributed by atoms with E-state index in [0.717, 1.165) is 49.1 Å². The Morgan fingerprint density at radius 1 is 1.13 bits per heavy atom. The van der Waals surface area contributed by atoms with Gasteiger partial charge < -0.3 is 9.64 Å². The zero-order valence-electron chi connectivity index (χ0n) is 21.2. The van der Waals surface area contributed by atoms with E-state index >= 15 is 0 Å². The van der Waals surface area contributed by atoms with Gasteiger partial charge in [0.15, 0.2) is 11.5 Å². The smallest absolute Gasteiger partial charge is 0.264 e. The van der Waals surface area contributed by atoms with Crippen molar-refractivity contribution in [2.24, 2.45) is 0 Å². The second-order valence-electron chi connectivity index (χ2n) is 9.59. The average Bonchev–Trinajstić information content (AvgIpc) is 3.26. The fourth-order valence-electron chi connectivity index (χ4n) is 4.50. The number of sulfonamides is 1. The molecule has 1 aliphatic heterocycles. The van der Waals surface area contributed by atoms with Crippen LogP contribution in [0.3, 0.4) is 0 Å². The number of nitrogens with one attached hydrogen (secondary N) is 2. The molecule has 0 radical (unpaired) electrons. The van der Waals surface area contributed by atoms with Crippen LogP contribution in [0.5, 0.6) is 5.88 Å². The van der Waals surface area contributed by atoms with Crippen molar-refractivity contribution in [1.29, 1.82) is 0 Å². The summed E-state index contributed by atoms with van der Waals surface area (Å²) in [6, 6.07) is 10.3. The number of nitrogens with zero attached hydrogens (tertiary/aromatic N) is 4. The Balaban J connectivity index is 1.39. The highest BCUT2D eigenvalue weighted by Gasteiger charge is 2.25. The van der Waals surface area contributed by atoms with Crippen molar-refractivity contribution < 1.29 is 17.5 Å². The first-order valence-corrected chi connectivity index (χ1v) is 14.2. The summed E-state index contributed by atoms with van der Waals surface area (Å²) < 4.78 is 48.3. The van der Waals surface area contributed by atoms with E-state index in [1.54, 1.807) is 24.3 Å². The van der Waals surface area contributed by atoms with Crippen LogP contribution in [0.4, 0.5) is 10.1 Å². The van der Waals surface area contributed by atoms with Gasteiger partial charge in [0.1, 0.15) is 22.2 Å². The molecule has 200 valence electrons. The number of hydrogen-bond donors (Lipinski definition) is 2. The normalized spacial score (nSPS) is 15.3. The Morgan fingerprint density at radius 3 is 2.53 bits per heavy atom. The number of ether oxygens (including phenoxy) is 1.